The van der Waals surface area contributed by atoms with Crippen LogP contribution in [0.15, 0.2) is 29.3 Å². The number of nitrogens with one attached hydrogen (secondary N) is 2. The molecule has 0 radical (unpaired) electrons. The van der Waals surface area contributed by atoms with Gasteiger partial charge in [0.1, 0.15) is 0 Å². The second-order valence-electron chi connectivity index (χ2n) is 6.65. The van der Waals surface area contributed by atoms with Gasteiger partial charge in [0.15, 0.2) is 5.96 Å². The van der Waals surface area contributed by atoms with Crippen LogP contribution in [0.3, 0.4) is 0 Å². The van der Waals surface area contributed by atoms with Gasteiger partial charge < -0.3 is 10.6 Å². The van der Waals surface area contributed by atoms with Crippen LogP contribution in [0.1, 0.15) is 50.2 Å². The Bertz CT molecular complexity index is 609. The summed E-state index contributed by atoms with van der Waals surface area (Å²) in [4.78, 5) is 29.3. The maximum absolute atomic E-state index is 11.6. The Kier molecular flexibility index (Phi) is 8.12. The number of carbonyl (C=O) groups excluding carboxylic acids is 2. The fourth-order valence-corrected chi connectivity index (χ4v) is 2.74. The molecule has 6 heteroatoms. The van der Waals surface area contributed by atoms with Crippen molar-refractivity contribution in [3.8, 4) is 0 Å². The summed E-state index contributed by atoms with van der Waals surface area (Å²) in [6.45, 7) is 6.86. The van der Waals surface area contributed by atoms with Gasteiger partial charge in [-0.3, -0.25) is 14.5 Å². The molecule has 0 saturated carbocycles. The van der Waals surface area contributed by atoms with Gasteiger partial charge in [-0.25, -0.2) is 4.99 Å². The van der Waals surface area contributed by atoms with E-state index >= 15 is 0 Å². The van der Waals surface area contributed by atoms with Gasteiger partial charge >= 0.3 is 0 Å². The average Bonchev–Trinajstić information content (AvgIpc) is 2.95. The van der Waals surface area contributed by atoms with E-state index in [0.29, 0.717) is 32.5 Å². The molecular weight excluding hydrogens is 328 g/mol. The molecule has 0 atom stereocenters. The number of unbranched alkanes of at least 4 members (excludes halogenated alkanes) is 1. The lowest BCUT2D eigenvalue weighted by Gasteiger charge is -2.15. The third kappa shape index (κ3) is 6.50. The predicted octanol–water partition coefficient (Wildman–Crippen LogP) is 2.37. The Morgan fingerprint density at radius 1 is 1.04 bits per heavy atom. The minimum Gasteiger partial charge on any atom is -0.356 e. The van der Waals surface area contributed by atoms with Crippen LogP contribution < -0.4 is 10.6 Å². The zero-order valence-corrected chi connectivity index (χ0v) is 15.9. The van der Waals surface area contributed by atoms with Crippen LogP contribution in [-0.2, 0) is 16.1 Å². The molecule has 2 rings (SSSR count). The molecule has 0 aliphatic carbocycles. The normalized spacial score (nSPS) is 14.8. The number of guanidine groups is 1. The van der Waals surface area contributed by atoms with Crippen molar-refractivity contribution < 1.29 is 9.59 Å². The Hall–Kier alpha value is -2.37. The molecule has 6 nitrogen and oxygen atoms in total. The molecule has 0 bridgehead atoms. The van der Waals surface area contributed by atoms with Crippen LogP contribution in [0.5, 0.6) is 0 Å². The van der Waals surface area contributed by atoms with Crippen LogP contribution in [0.2, 0.25) is 0 Å². The van der Waals surface area contributed by atoms with Crippen LogP contribution >= 0.6 is 0 Å². The number of amides is 2. The van der Waals surface area contributed by atoms with E-state index < -0.39 is 0 Å². The van der Waals surface area contributed by atoms with Crippen molar-refractivity contribution in [1.29, 1.82) is 0 Å². The number of hydrogen-bond donors (Lipinski definition) is 2. The lowest BCUT2D eigenvalue weighted by atomic mass is 10.1. The molecule has 1 fully saturated rings. The van der Waals surface area contributed by atoms with E-state index in [2.05, 4.69) is 53.7 Å². The number of benzene rings is 1. The van der Waals surface area contributed by atoms with Crippen LogP contribution in [0, 0.1) is 6.92 Å². The molecule has 0 spiro atoms. The highest BCUT2D eigenvalue weighted by Gasteiger charge is 2.27. The van der Waals surface area contributed by atoms with Gasteiger partial charge in [-0.1, -0.05) is 43.2 Å². The van der Waals surface area contributed by atoms with E-state index in [1.807, 2.05) is 0 Å². The third-order valence-corrected chi connectivity index (χ3v) is 4.37. The van der Waals surface area contributed by atoms with Crippen LogP contribution in [-0.4, -0.2) is 42.3 Å². The Labute approximate surface area is 156 Å². The molecule has 1 saturated heterocycles. The molecule has 0 aromatic heterocycles. The minimum atomic E-state index is -0.0515. The van der Waals surface area contributed by atoms with Gasteiger partial charge in [0.05, 0.1) is 6.54 Å². The fraction of sp³-hybridized carbons (Fsp3) is 0.550. The molecular formula is C20H30N4O2. The first-order valence-electron chi connectivity index (χ1n) is 9.51. The topological polar surface area (TPSA) is 73.8 Å². The average molecular weight is 358 g/mol. The van der Waals surface area contributed by atoms with E-state index in [1.54, 1.807) is 0 Å². The zero-order chi connectivity index (χ0) is 18.8. The van der Waals surface area contributed by atoms with Crippen molar-refractivity contribution in [2.24, 2.45) is 4.99 Å². The number of imide groups is 1. The highest BCUT2D eigenvalue weighted by Crippen LogP contribution is 2.11. The van der Waals surface area contributed by atoms with E-state index in [9.17, 15) is 9.59 Å². The van der Waals surface area contributed by atoms with Crippen molar-refractivity contribution >= 4 is 17.8 Å². The first-order chi connectivity index (χ1) is 12.6. The molecule has 1 aromatic rings. The number of aliphatic imine (C=N–C) groups is 1. The van der Waals surface area contributed by atoms with E-state index in [0.717, 1.165) is 31.8 Å². The summed E-state index contributed by atoms with van der Waals surface area (Å²) in [5.41, 5.74) is 2.41. The first-order valence-corrected chi connectivity index (χ1v) is 9.51. The van der Waals surface area contributed by atoms with Crippen molar-refractivity contribution in [3.05, 3.63) is 35.4 Å². The largest absolute Gasteiger partial charge is 0.356 e. The Morgan fingerprint density at radius 2 is 1.65 bits per heavy atom. The molecule has 1 aromatic carbocycles. The quantitative estimate of drug-likeness (QED) is 0.308. The Morgan fingerprint density at radius 3 is 2.27 bits per heavy atom. The van der Waals surface area contributed by atoms with E-state index in [1.165, 1.54) is 16.0 Å². The summed E-state index contributed by atoms with van der Waals surface area (Å²) in [6.07, 6.45) is 3.64. The molecule has 1 aliphatic rings. The molecule has 1 aliphatic heterocycles. The smallest absolute Gasteiger partial charge is 0.229 e. The first kappa shape index (κ1) is 19.9. The molecule has 1 heterocycles. The maximum Gasteiger partial charge on any atom is 0.229 e. The number of nitrogens with zero attached hydrogens (tertiary/aromatic N) is 2. The summed E-state index contributed by atoms with van der Waals surface area (Å²) in [5, 5.41) is 6.64. The standard InChI is InChI=1S/C20H30N4O2/c1-3-4-12-21-20(23-15-17-8-6-16(2)7-9-17)22-13-5-14-24-18(25)10-11-19(24)26/h6-9H,3-5,10-15H2,1-2H3,(H2,21,22,23). The van der Waals surface area contributed by atoms with Crippen molar-refractivity contribution in [3.63, 3.8) is 0 Å². The van der Waals surface area contributed by atoms with Crippen LogP contribution in [0.4, 0.5) is 0 Å². The molecule has 2 amide bonds. The van der Waals surface area contributed by atoms with Gasteiger partial charge in [0, 0.05) is 32.5 Å². The minimum absolute atomic E-state index is 0.0515. The maximum atomic E-state index is 11.6. The fourth-order valence-electron chi connectivity index (χ4n) is 2.74. The number of rotatable bonds is 9. The van der Waals surface area contributed by atoms with Gasteiger partial charge in [-0.05, 0) is 25.3 Å². The lowest BCUT2D eigenvalue weighted by Crippen LogP contribution is -2.39. The summed E-state index contributed by atoms with van der Waals surface area (Å²) in [7, 11) is 0. The third-order valence-electron chi connectivity index (χ3n) is 4.37. The monoisotopic (exact) mass is 358 g/mol. The van der Waals surface area contributed by atoms with Crippen molar-refractivity contribution in [1.82, 2.24) is 15.5 Å². The van der Waals surface area contributed by atoms with Crippen molar-refractivity contribution in [2.45, 2.75) is 52.5 Å². The number of aryl methyl sites for hydroxylation is 1. The van der Waals surface area contributed by atoms with Crippen molar-refractivity contribution in [2.75, 3.05) is 19.6 Å². The summed E-state index contributed by atoms with van der Waals surface area (Å²) in [6, 6.07) is 8.36. The van der Waals surface area contributed by atoms with Gasteiger partial charge in [-0.2, -0.15) is 0 Å². The second kappa shape index (κ2) is 10.6. The predicted molar refractivity (Wildman–Crippen MR) is 104 cm³/mol. The summed E-state index contributed by atoms with van der Waals surface area (Å²) >= 11 is 0. The van der Waals surface area contributed by atoms with Gasteiger partial charge in [0.2, 0.25) is 11.8 Å². The summed E-state index contributed by atoms with van der Waals surface area (Å²) < 4.78 is 0. The SMILES string of the molecule is CCCCNC(=NCc1ccc(C)cc1)NCCCN1C(=O)CCC1=O. The number of likely N-dealkylation sites (tertiary alicyclic amines) is 1. The zero-order valence-electron chi connectivity index (χ0n) is 15.9. The molecule has 142 valence electrons. The van der Waals surface area contributed by atoms with Gasteiger partial charge in [0.25, 0.3) is 0 Å². The van der Waals surface area contributed by atoms with Gasteiger partial charge in [-0.15, -0.1) is 0 Å². The Balaban J connectivity index is 1.81. The number of carbonyl (C=O) groups is 2. The highest BCUT2D eigenvalue weighted by atomic mass is 16.2. The lowest BCUT2D eigenvalue weighted by molar-refractivity contribution is -0.138. The van der Waals surface area contributed by atoms with Crippen LogP contribution in [0.25, 0.3) is 0 Å². The summed E-state index contributed by atoms with van der Waals surface area (Å²) in [5.74, 6) is 0.673. The highest BCUT2D eigenvalue weighted by molar-refractivity contribution is 6.01. The second-order valence-corrected chi connectivity index (χ2v) is 6.65. The molecule has 26 heavy (non-hydrogen) atoms. The van der Waals surface area contributed by atoms with E-state index in [4.69, 9.17) is 0 Å². The molecule has 0 unspecified atom stereocenters. The van der Waals surface area contributed by atoms with E-state index in [-0.39, 0.29) is 11.8 Å². The molecule has 2 N–H and O–H groups in total. The number of hydrogen-bond acceptors (Lipinski definition) is 3.